The zero-order chi connectivity index (χ0) is 11.9. The first-order valence-corrected chi connectivity index (χ1v) is 4.78. The highest BCUT2D eigenvalue weighted by Gasteiger charge is 2.66. The highest BCUT2D eigenvalue weighted by atomic mass is 16.5. The van der Waals surface area contributed by atoms with Crippen molar-refractivity contribution in [3.8, 4) is 0 Å². The zero-order valence-electron chi connectivity index (χ0n) is 9.46. The molecule has 1 N–H and O–H groups in total. The standard InChI is InChI=1S/C11H16O4/c1-7(8(12)13)5-11(9(14)15-4)6-10(11,2)3/h5H,6H2,1-4H3,(H,12,13). The van der Waals surface area contributed by atoms with Crippen LogP contribution in [0.25, 0.3) is 0 Å². The number of carbonyl (C=O) groups is 2. The van der Waals surface area contributed by atoms with E-state index in [1.807, 2.05) is 13.8 Å². The molecular formula is C11H16O4. The predicted octanol–water partition coefficient (Wildman–Crippen LogP) is 1.61. The van der Waals surface area contributed by atoms with Crippen molar-refractivity contribution in [3.63, 3.8) is 0 Å². The highest BCUT2D eigenvalue weighted by molar-refractivity contribution is 5.90. The molecule has 1 saturated carbocycles. The van der Waals surface area contributed by atoms with Gasteiger partial charge in [0.2, 0.25) is 0 Å². The molecule has 1 atom stereocenters. The van der Waals surface area contributed by atoms with Crippen molar-refractivity contribution in [2.45, 2.75) is 27.2 Å². The number of hydrogen-bond acceptors (Lipinski definition) is 3. The minimum Gasteiger partial charge on any atom is -0.478 e. The quantitative estimate of drug-likeness (QED) is 0.570. The lowest BCUT2D eigenvalue weighted by Crippen LogP contribution is -2.21. The van der Waals surface area contributed by atoms with Crippen molar-refractivity contribution < 1.29 is 19.4 Å². The van der Waals surface area contributed by atoms with E-state index in [1.54, 1.807) is 0 Å². The van der Waals surface area contributed by atoms with Gasteiger partial charge in [0.25, 0.3) is 0 Å². The molecule has 1 aliphatic carbocycles. The van der Waals surface area contributed by atoms with E-state index < -0.39 is 11.4 Å². The number of carboxylic acids is 1. The SMILES string of the molecule is COC(=O)C1(C=C(C)C(=O)O)CC1(C)C. The maximum absolute atomic E-state index is 11.6. The van der Waals surface area contributed by atoms with Crippen LogP contribution in [0.1, 0.15) is 27.2 Å². The van der Waals surface area contributed by atoms with Crippen LogP contribution in [-0.2, 0) is 14.3 Å². The van der Waals surface area contributed by atoms with Crippen molar-refractivity contribution in [2.24, 2.45) is 10.8 Å². The van der Waals surface area contributed by atoms with Crippen LogP contribution in [0.15, 0.2) is 11.6 Å². The lowest BCUT2D eigenvalue weighted by molar-refractivity contribution is -0.146. The predicted molar refractivity (Wildman–Crippen MR) is 54.2 cm³/mol. The Morgan fingerprint density at radius 2 is 1.87 bits per heavy atom. The van der Waals surface area contributed by atoms with Crippen molar-refractivity contribution in [2.75, 3.05) is 7.11 Å². The zero-order valence-corrected chi connectivity index (χ0v) is 9.46. The normalized spacial score (nSPS) is 28.4. The van der Waals surface area contributed by atoms with Crippen molar-refractivity contribution in [3.05, 3.63) is 11.6 Å². The summed E-state index contributed by atoms with van der Waals surface area (Å²) in [5.74, 6) is -1.35. The summed E-state index contributed by atoms with van der Waals surface area (Å²) in [4.78, 5) is 22.3. The molecule has 0 aromatic carbocycles. The third-order valence-corrected chi connectivity index (χ3v) is 3.15. The number of aliphatic carboxylic acids is 1. The molecule has 0 heterocycles. The summed E-state index contributed by atoms with van der Waals surface area (Å²) in [5.41, 5.74) is -0.771. The number of hydrogen-bond donors (Lipinski definition) is 1. The summed E-state index contributed by atoms with van der Waals surface area (Å²) >= 11 is 0. The van der Waals surface area contributed by atoms with E-state index in [2.05, 4.69) is 0 Å². The molecule has 15 heavy (non-hydrogen) atoms. The number of rotatable bonds is 3. The number of esters is 1. The average Bonchev–Trinajstić information content (AvgIpc) is 2.68. The summed E-state index contributed by atoms with van der Waals surface area (Å²) in [7, 11) is 1.32. The molecule has 0 saturated heterocycles. The Balaban J connectivity index is 3.03. The third kappa shape index (κ3) is 1.76. The van der Waals surface area contributed by atoms with Crippen LogP contribution in [0, 0.1) is 10.8 Å². The molecule has 1 unspecified atom stereocenters. The Morgan fingerprint density at radius 1 is 1.40 bits per heavy atom. The molecule has 0 radical (unpaired) electrons. The van der Waals surface area contributed by atoms with E-state index in [1.165, 1.54) is 20.1 Å². The molecule has 0 bridgehead atoms. The first kappa shape index (κ1) is 11.8. The maximum Gasteiger partial charge on any atom is 0.330 e. The number of methoxy groups -OCH3 is 1. The van der Waals surface area contributed by atoms with Crippen molar-refractivity contribution in [1.29, 1.82) is 0 Å². The molecular weight excluding hydrogens is 196 g/mol. The first-order chi connectivity index (χ1) is 6.77. The average molecular weight is 212 g/mol. The summed E-state index contributed by atoms with van der Waals surface area (Å²) in [6.07, 6.45) is 2.15. The fraction of sp³-hybridized carbons (Fsp3) is 0.636. The number of ether oxygens (including phenoxy) is 1. The van der Waals surface area contributed by atoms with Gasteiger partial charge in [0, 0.05) is 5.57 Å². The summed E-state index contributed by atoms with van der Waals surface area (Å²) in [6, 6.07) is 0. The topological polar surface area (TPSA) is 63.6 Å². The minimum absolute atomic E-state index is 0.186. The van der Waals surface area contributed by atoms with E-state index in [-0.39, 0.29) is 17.0 Å². The van der Waals surface area contributed by atoms with E-state index in [9.17, 15) is 9.59 Å². The van der Waals surface area contributed by atoms with Crippen LogP contribution in [0.2, 0.25) is 0 Å². The molecule has 4 heteroatoms. The van der Waals surface area contributed by atoms with Gasteiger partial charge in [-0.1, -0.05) is 19.9 Å². The van der Waals surface area contributed by atoms with Gasteiger partial charge >= 0.3 is 11.9 Å². The minimum atomic E-state index is -0.999. The Hall–Kier alpha value is -1.32. The Morgan fingerprint density at radius 3 is 2.13 bits per heavy atom. The van der Waals surface area contributed by atoms with Gasteiger partial charge in [-0.2, -0.15) is 0 Å². The molecule has 1 fully saturated rings. The molecule has 0 spiro atoms. The second-order valence-corrected chi connectivity index (χ2v) is 4.66. The molecule has 0 amide bonds. The number of carboxylic acid groups (broad SMARTS) is 1. The molecule has 0 aromatic heterocycles. The van der Waals surface area contributed by atoms with E-state index in [0.717, 1.165) is 0 Å². The maximum atomic E-state index is 11.6. The fourth-order valence-electron chi connectivity index (χ4n) is 1.92. The van der Waals surface area contributed by atoms with Gasteiger partial charge in [0.15, 0.2) is 0 Å². The van der Waals surface area contributed by atoms with Gasteiger partial charge in [-0.15, -0.1) is 0 Å². The molecule has 1 aliphatic rings. The smallest absolute Gasteiger partial charge is 0.330 e. The van der Waals surface area contributed by atoms with Crippen LogP contribution in [0.3, 0.4) is 0 Å². The van der Waals surface area contributed by atoms with Gasteiger partial charge in [-0.25, -0.2) is 4.79 Å². The van der Waals surface area contributed by atoms with Gasteiger partial charge in [0.1, 0.15) is 0 Å². The van der Waals surface area contributed by atoms with Gasteiger partial charge in [-0.05, 0) is 18.8 Å². The van der Waals surface area contributed by atoms with Crippen molar-refractivity contribution >= 4 is 11.9 Å². The van der Waals surface area contributed by atoms with Gasteiger partial charge in [-0.3, -0.25) is 4.79 Å². The van der Waals surface area contributed by atoms with Crippen LogP contribution in [0.4, 0.5) is 0 Å². The van der Waals surface area contributed by atoms with Crippen molar-refractivity contribution in [1.82, 2.24) is 0 Å². The van der Waals surface area contributed by atoms with Crippen LogP contribution in [0.5, 0.6) is 0 Å². The van der Waals surface area contributed by atoms with Crippen LogP contribution >= 0.6 is 0 Å². The molecule has 0 aromatic rings. The van der Waals surface area contributed by atoms with E-state index in [0.29, 0.717) is 6.42 Å². The Labute approximate surface area is 88.9 Å². The summed E-state index contributed by atoms with van der Waals surface area (Å²) in [6.45, 7) is 5.34. The largest absolute Gasteiger partial charge is 0.478 e. The monoisotopic (exact) mass is 212 g/mol. The lowest BCUT2D eigenvalue weighted by Gasteiger charge is -2.14. The Kier molecular flexibility index (Phi) is 2.63. The summed E-state index contributed by atoms with van der Waals surface area (Å²) < 4.78 is 4.72. The third-order valence-electron chi connectivity index (χ3n) is 3.15. The van der Waals surface area contributed by atoms with Gasteiger partial charge < -0.3 is 9.84 Å². The molecule has 1 rings (SSSR count). The second kappa shape index (κ2) is 3.36. The lowest BCUT2D eigenvalue weighted by atomic mass is 9.93. The highest BCUT2D eigenvalue weighted by Crippen LogP contribution is 2.65. The van der Waals surface area contributed by atoms with E-state index in [4.69, 9.17) is 9.84 Å². The summed E-state index contributed by atoms with van der Waals surface area (Å²) in [5, 5.41) is 8.78. The van der Waals surface area contributed by atoms with E-state index >= 15 is 0 Å². The Bertz CT molecular complexity index is 340. The van der Waals surface area contributed by atoms with Gasteiger partial charge in [0.05, 0.1) is 12.5 Å². The van der Waals surface area contributed by atoms with Crippen LogP contribution in [-0.4, -0.2) is 24.2 Å². The number of carbonyl (C=O) groups excluding carboxylic acids is 1. The molecule has 0 aliphatic heterocycles. The second-order valence-electron chi connectivity index (χ2n) is 4.66. The first-order valence-electron chi connectivity index (χ1n) is 4.78. The molecule has 84 valence electrons. The molecule has 4 nitrogen and oxygen atoms in total. The fourth-order valence-corrected chi connectivity index (χ4v) is 1.92. The van der Waals surface area contributed by atoms with Crippen LogP contribution < -0.4 is 0 Å².